The molecule has 0 bridgehead atoms. The first-order chi connectivity index (χ1) is 25.3. The van der Waals surface area contributed by atoms with Crippen LogP contribution in [0.4, 0.5) is 0 Å². The van der Waals surface area contributed by atoms with Crippen molar-refractivity contribution in [3.05, 3.63) is 179 Å². The normalized spacial score (nSPS) is 18.9. The van der Waals surface area contributed by atoms with E-state index in [0.29, 0.717) is 12.8 Å². The van der Waals surface area contributed by atoms with E-state index in [4.69, 9.17) is 23.2 Å². The summed E-state index contributed by atoms with van der Waals surface area (Å²) in [6.45, 7) is 4.36. The molecule has 0 saturated heterocycles. The predicted octanol–water partition coefficient (Wildman–Crippen LogP) is 14.8. The maximum atomic E-state index is 7.82. The molecular formula is C50H36Cl2Zr. The van der Waals surface area contributed by atoms with Gasteiger partial charge in [-0.05, 0) is 150 Å². The molecule has 0 nitrogen and oxygen atoms in total. The third-order valence-electron chi connectivity index (χ3n) is 11.9. The molecule has 0 spiro atoms. The predicted molar refractivity (Wildman–Crippen MR) is 225 cm³/mol. The summed E-state index contributed by atoms with van der Waals surface area (Å²) in [6, 6.07) is 53.0. The fourth-order valence-corrected chi connectivity index (χ4v) is 9.73. The van der Waals surface area contributed by atoms with E-state index in [2.05, 4.69) is 172 Å². The van der Waals surface area contributed by atoms with E-state index >= 15 is 0 Å². The Kier molecular flexibility index (Phi) is 8.43. The zero-order valence-corrected chi connectivity index (χ0v) is 33.7. The molecule has 0 amide bonds. The van der Waals surface area contributed by atoms with Crippen molar-refractivity contribution in [3.8, 4) is 22.3 Å². The van der Waals surface area contributed by atoms with E-state index in [1.165, 1.54) is 98.7 Å². The van der Waals surface area contributed by atoms with Gasteiger partial charge in [-0.1, -0.05) is 133 Å². The zero-order chi connectivity index (χ0) is 35.2. The Morgan fingerprint density at radius 3 is 1.15 bits per heavy atom. The number of halogens is 2. The molecule has 0 fully saturated rings. The van der Waals surface area contributed by atoms with Crippen molar-refractivity contribution >= 4 is 78.4 Å². The first kappa shape index (κ1) is 34.5. The summed E-state index contributed by atoms with van der Waals surface area (Å²) in [4.78, 5) is -1.30. The molecule has 10 rings (SSSR count). The fourth-order valence-electron chi connectivity index (χ4n) is 9.10. The van der Waals surface area contributed by atoms with Crippen molar-refractivity contribution in [3.63, 3.8) is 0 Å². The summed E-state index contributed by atoms with van der Waals surface area (Å²) in [6.07, 6.45) is 6.05. The average molecular weight is 799 g/mol. The van der Waals surface area contributed by atoms with Crippen LogP contribution < -0.4 is 0 Å². The van der Waals surface area contributed by atoms with Gasteiger partial charge in [0.15, 0.2) is 0 Å². The Labute approximate surface area is 339 Å². The topological polar surface area (TPSA) is 0 Å². The molecule has 2 aliphatic rings. The van der Waals surface area contributed by atoms with Gasteiger partial charge in [0, 0.05) is 26.2 Å². The first-order valence-electron chi connectivity index (χ1n) is 18.2. The maximum absolute atomic E-state index is 7.82. The van der Waals surface area contributed by atoms with Gasteiger partial charge in [-0.2, -0.15) is 0 Å². The van der Waals surface area contributed by atoms with Crippen LogP contribution in [0.2, 0.25) is 0 Å². The van der Waals surface area contributed by atoms with Crippen LogP contribution in [0.15, 0.2) is 157 Å². The van der Waals surface area contributed by atoms with Crippen molar-refractivity contribution in [2.75, 3.05) is 0 Å². The standard InChI is InChI=1S/C50H36Cl2.Zr/c1-31-25-45-41(39-17-7-15-37-27-33-11-3-5-13-35(33)29-43(37)39)19-9-21-47(45)49(31,51)23-24-50(52)32(2)26-46-42(20-10-22-48(46)50)40-18-8-16-38-28-34-12-4-6-14-36(34)30-44(38)40;/h3-22,25-30H,23-24H2,1-2H3;. The van der Waals surface area contributed by atoms with Crippen LogP contribution in [-0.4, -0.2) is 0 Å². The van der Waals surface area contributed by atoms with E-state index in [0.717, 1.165) is 0 Å². The van der Waals surface area contributed by atoms with Crippen molar-refractivity contribution in [1.82, 2.24) is 0 Å². The third kappa shape index (κ3) is 5.34. The number of hydrogen-bond acceptors (Lipinski definition) is 0. The number of alkyl halides is 2. The summed E-state index contributed by atoms with van der Waals surface area (Å²) >= 11 is 15.6. The van der Waals surface area contributed by atoms with Crippen LogP contribution >= 0.6 is 23.2 Å². The van der Waals surface area contributed by atoms with E-state index in [1.807, 2.05) is 0 Å². The molecule has 0 saturated carbocycles. The van der Waals surface area contributed by atoms with Crippen LogP contribution in [0.25, 0.3) is 77.5 Å². The minimum atomic E-state index is -0.651. The molecule has 3 heteroatoms. The average Bonchev–Trinajstić information content (AvgIpc) is 3.59. The third-order valence-corrected chi connectivity index (χ3v) is 13.3. The summed E-state index contributed by atoms with van der Waals surface area (Å²) in [5.74, 6) is 0. The SMILES string of the molecule is CC1=Cc2c(-c3cccc4cc5ccccc5cc34)cccc2C1(Cl)CCC1(Cl)C(C)=Cc2c(-c3cccc4cc5ccccc5cc34)cccc21.[Zr]. The van der Waals surface area contributed by atoms with Gasteiger partial charge in [-0.25, -0.2) is 0 Å². The number of fused-ring (bicyclic) bond motifs is 6. The first-order valence-corrected chi connectivity index (χ1v) is 18.9. The quantitative estimate of drug-likeness (QED) is 0.120. The van der Waals surface area contributed by atoms with E-state index in [9.17, 15) is 0 Å². The van der Waals surface area contributed by atoms with Crippen molar-refractivity contribution in [2.45, 2.75) is 36.4 Å². The summed E-state index contributed by atoms with van der Waals surface area (Å²) < 4.78 is 0. The molecule has 2 aliphatic carbocycles. The minimum Gasteiger partial charge on any atom is -0.109 e. The molecule has 0 N–H and O–H groups in total. The molecule has 0 radical (unpaired) electrons. The second kappa shape index (κ2) is 13.0. The van der Waals surface area contributed by atoms with Gasteiger partial charge in [0.05, 0.1) is 9.75 Å². The summed E-state index contributed by atoms with van der Waals surface area (Å²) in [7, 11) is 0. The summed E-state index contributed by atoms with van der Waals surface area (Å²) in [5, 5.41) is 10.0. The second-order valence-electron chi connectivity index (χ2n) is 14.7. The van der Waals surface area contributed by atoms with Gasteiger partial charge in [-0.3, -0.25) is 0 Å². The molecule has 0 aromatic heterocycles. The Bertz CT molecular complexity index is 2670. The van der Waals surface area contributed by atoms with Gasteiger partial charge in [0.2, 0.25) is 0 Å². The smallest absolute Gasteiger partial charge is 0.0911 e. The van der Waals surface area contributed by atoms with Crippen LogP contribution in [0.3, 0.4) is 0 Å². The summed E-state index contributed by atoms with van der Waals surface area (Å²) in [5.41, 5.74) is 12.0. The van der Waals surface area contributed by atoms with Crippen molar-refractivity contribution in [1.29, 1.82) is 0 Å². The van der Waals surface area contributed by atoms with Crippen LogP contribution in [-0.2, 0) is 36.0 Å². The van der Waals surface area contributed by atoms with Gasteiger partial charge in [0.1, 0.15) is 0 Å². The minimum absolute atomic E-state index is 0. The van der Waals surface area contributed by atoms with Crippen molar-refractivity contribution in [2.24, 2.45) is 0 Å². The zero-order valence-electron chi connectivity index (χ0n) is 29.7. The molecule has 2 unspecified atom stereocenters. The molecule has 2 atom stereocenters. The van der Waals surface area contributed by atoms with Gasteiger partial charge < -0.3 is 0 Å². The van der Waals surface area contributed by atoms with Gasteiger partial charge >= 0.3 is 0 Å². The van der Waals surface area contributed by atoms with Gasteiger partial charge in [-0.15, -0.1) is 23.2 Å². The molecule has 53 heavy (non-hydrogen) atoms. The molecular weight excluding hydrogens is 763 g/mol. The van der Waals surface area contributed by atoms with E-state index in [-0.39, 0.29) is 26.2 Å². The number of benzene rings is 8. The number of rotatable bonds is 5. The molecule has 8 aromatic carbocycles. The Morgan fingerprint density at radius 2 is 0.736 bits per heavy atom. The fraction of sp³-hybridized carbons (Fsp3) is 0.120. The number of allylic oxidation sites excluding steroid dienone is 2. The van der Waals surface area contributed by atoms with Crippen LogP contribution in [0, 0.1) is 0 Å². The van der Waals surface area contributed by atoms with Crippen molar-refractivity contribution < 1.29 is 26.2 Å². The van der Waals surface area contributed by atoms with Crippen LogP contribution in [0.5, 0.6) is 0 Å². The maximum Gasteiger partial charge on any atom is 0.0911 e. The Morgan fingerprint density at radius 1 is 0.396 bits per heavy atom. The Balaban J connectivity index is 0.00000372. The van der Waals surface area contributed by atoms with E-state index in [1.54, 1.807) is 0 Å². The second-order valence-corrected chi connectivity index (χ2v) is 16.0. The molecule has 8 aromatic rings. The van der Waals surface area contributed by atoms with Gasteiger partial charge in [0.25, 0.3) is 0 Å². The molecule has 0 heterocycles. The largest absolute Gasteiger partial charge is 0.109 e. The number of hydrogen-bond donors (Lipinski definition) is 0. The Hall–Kier alpha value is -4.26. The molecule has 0 aliphatic heterocycles. The monoisotopic (exact) mass is 796 g/mol. The van der Waals surface area contributed by atoms with Crippen LogP contribution in [0.1, 0.15) is 48.9 Å². The molecule has 254 valence electrons. The van der Waals surface area contributed by atoms with E-state index < -0.39 is 9.75 Å².